The van der Waals surface area contributed by atoms with Gasteiger partial charge < -0.3 is 9.29 Å². The second-order valence-electron chi connectivity index (χ2n) is 5.92. The zero-order valence-electron chi connectivity index (χ0n) is 16.0. The number of carbonyl (C=O) groups is 1. The zero-order valence-corrected chi connectivity index (χ0v) is 19.6. The Balaban J connectivity index is 0.00000392. The van der Waals surface area contributed by atoms with Gasteiger partial charge in [-0.15, -0.1) is 11.8 Å². The van der Waals surface area contributed by atoms with Crippen LogP contribution in [0.4, 0.5) is 0 Å². The van der Waals surface area contributed by atoms with Crippen molar-refractivity contribution in [3.63, 3.8) is 0 Å². The molecule has 0 N–H and O–H groups in total. The molecule has 0 spiro atoms. The predicted octanol–water partition coefficient (Wildman–Crippen LogP) is -0.530. The molecule has 2 aromatic rings. The Kier molecular flexibility index (Phi) is 11.4. The molecule has 0 bridgehead atoms. The Hall–Kier alpha value is -0.870. The average molecular weight is 432 g/mol. The van der Waals surface area contributed by atoms with Crippen LogP contribution in [0.5, 0.6) is 0 Å². The van der Waals surface area contributed by atoms with Crippen molar-refractivity contribution in [3.05, 3.63) is 71.8 Å². The predicted molar refractivity (Wildman–Crippen MR) is 105 cm³/mol. The number of nitrogens with zero attached hydrogens (tertiary/aromatic N) is 1. The molecule has 0 amide bonds. The van der Waals surface area contributed by atoms with Crippen LogP contribution in [0, 0.1) is 0 Å². The second kappa shape index (κ2) is 12.6. The van der Waals surface area contributed by atoms with Gasteiger partial charge in [0.1, 0.15) is 0 Å². The molecule has 0 aliphatic carbocycles. The fourth-order valence-corrected chi connectivity index (χ4v) is 4.51. The number of benzene rings is 2. The number of methoxy groups -OCH3 is 1. The zero-order chi connectivity index (χ0) is 19.7. The first kappa shape index (κ1) is 25.2. The van der Waals surface area contributed by atoms with E-state index >= 15 is 0 Å². The van der Waals surface area contributed by atoms with Gasteiger partial charge in [0.2, 0.25) is 0 Å². The van der Waals surface area contributed by atoms with Crippen LogP contribution in [0.2, 0.25) is 0 Å². The van der Waals surface area contributed by atoms with E-state index in [1.165, 1.54) is 18.9 Å². The van der Waals surface area contributed by atoms with Gasteiger partial charge in [0.25, 0.3) is 0 Å². The molecule has 9 heteroatoms. The summed E-state index contributed by atoms with van der Waals surface area (Å²) in [6, 6.07) is 17.8. The first-order valence-electron chi connectivity index (χ1n) is 8.35. The van der Waals surface area contributed by atoms with E-state index in [1.54, 1.807) is 24.3 Å². The van der Waals surface area contributed by atoms with Crippen LogP contribution < -0.4 is 29.6 Å². The van der Waals surface area contributed by atoms with E-state index in [4.69, 9.17) is 0 Å². The van der Waals surface area contributed by atoms with Crippen LogP contribution in [0.15, 0.2) is 60.7 Å². The molecule has 0 aliphatic heterocycles. The van der Waals surface area contributed by atoms with E-state index in [1.807, 2.05) is 36.4 Å². The van der Waals surface area contributed by atoms with Gasteiger partial charge in [0.15, 0.2) is 10.3 Å². The van der Waals surface area contributed by atoms with E-state index < -0.39 is 22.3 Å². The molecule has 0 aliphatic rings. The molecule has 2 aromatic carbocycles. The van der Waals surface area contributed by atoms with Gasteiger partial charge in [-0.25, -0.2) is 12.7 Å². The van der Waals surface area contributed by atoms with Gasteiger partial charge in [0.05, 0.1) is 12.9 Å². The summed E-state index contributed by atoms with van der Waals surface area (Å²) in [5, 5.41) is 0. The minimum atomic E-state index is -4.68. The third-order valence-corrected chi connectivity index (χ3v) is 6.01. The molecule has 1 atom stereocenters. The Morgan fingerprint density at radius 3 is 2.11 bits per heavy atom. The normalized spacial score (nSPS) is 12.2. The number of carbonyl (C=O) groups excluding carboxylic acids is 1. The first-order valence-corrected chi connectivity index (χ1v) is 10.9. The topological polar surface area (TPSA) is 86.7 Å². The third kappa shape index (κ3) is 8.65. The van der Waals surface area contributed by atoms with Crippen LogP contribution in [0.25, 0.3) is 0 Å². The van der Waals surface area contributed by atoms with Crippen LogP contribution in [-0.2, 0) is 32.8 Å². The van der Waals surface area contributed by atoms with Gasteiger partial charge >= 0.3 is 35.5 Å². The van der Waals surface area contributed by atoms with Crippen LogP contribution in [-0.4, -0.2) is 47.9 Å². The Morgan fingerprint density at radius 2 is 1.61 bits per heavy atom. The second-order valence-corrected chi connectivity index (χ2v) is 8.28. The summed E-state index contributed by atoms with van der Waals surface area (Å²) in [6.07, 6.45) is 0.378. The van der Waals surface area contributed by atoms with E-state index in [0.29, 0.717) is 12.2 Å². The maximum absolute atomic E-state index is 12.0. The summed E-state index contributed by atoms with van der Waals surface area (Å²) < 4.78 is 41.6. The Bertz CT molecular complexity index is 819. The van der Waals surface area contributed by atoms with Crippen molar-refractivity contribution >= 4 is 28.0 Å². The van der Waals surface area contributed by atoms with Gasteiger partial charge in [-0.1, -0.05) is 60.7 Å². The molecular formula is C19H22NNaO5S2. The molecule has 28 heavy (non-hydrogen) atoms. The number of esters is 1. The van der Waals surface area contributed by atoms with E-state index in [0.717, 1.165) is 15.4 Å². The average Bonchev–Trinajstić information content (AvgIpc) is 2.66. The fraction of sp³-hybridized carbons (Fsp3) is 0.316. The van der Waals surface area contributed by atoms with Gasteiger partial charge in [-0.3, -0.25) is 4.79 Å². The molecule has 6 nitrogen and oxygen atoms in total. The summed E-state index contributed by atoms with van der Waals surface area (Å²) in [5.74, 6) is 0.0103. The molecule has 0 radical (unpaired) electrons. The maximum atomic E-state index is 12.0. The number of rotatable bonds is 10. The molecule has 0 unspecified atom stereocenters. The number of thioether (sulfide) groups is 1. The Labute approximate surface area is 192 Å². The molecule has 0 aromatic heterocycles. The van der Waals surface area contributed by atoms with Crippen LogP contribution >= 0.6 is 11.8 Å². The summed E-state index contributed by atoms with van der Waals surface area (Å²) >= 11 is 1.25. The third-order valence-electron chi connectivity index (χ3n) is 3.95. The molecule has 0 heterocycles. The summed E-state index contributed by atoms with van der Waals surface area (Å²) in [6.45, 7) is -0.0110. The maximum Gasteiger partial charge on any atom is 1.00 e. The van der Waals surface area contributed by atoms with Crippen molar-refractivity contribution in [2.75, 3.05) is 18.6 Å². The molecule has 146 valence electrons. The standard InChI is InChI=1S/C19H23NO5S2.Na/c1-25-19(21)15-26-14-18(12-16-8-4-2-5-9-16)20(27(22,23)24)13-17-10-6-3-7-11-17;/h2-11,18H,12-15H2,1H3,(H,22,23,24);/q;+1/p-1/t18-;/m0./s1. The number of hydrogen-bond donors (Lipinski definition) is 0. The van der Waals surface area contributed by atoms with Crippen molar-refractivity contribution in [1.29, 1.82) is 0 Å². The van der Waals surface area contributed by atoms with Crippen molar-refractivity contribution in [3.8, 4) is 0 Å². The quantitative estimate of drug-likeness (QED) is 0.286. The van der Waals surface area contributed by atoms with Crippen molar-refractivity contribution < 1.29 is 52.1 Å². The summed E-state index contributed by atoms with van der Waals surface area (Å²) in [7, 11) is -3.39. The SMILES string of the molecule is COC(=O)CSC[C@H](Cc1ccccc1)N(Cc1ccccc1)S(=O)(=O)[O-].[Na+]. The van der Waals surface area contributed by atoms with E-state index in [-0.39, 0.29) is 41.9 Å². The molecule has 0 fully saturated rings. The van der Waals surface area contributed by atoms with Gasteiger partial charge in [-0.05, 0) is 17.5 Å². The van der Waals surface area contributed by atoms with E-state index in [2.05, 4.69) is 4.74 Å². The fourth-order valence-electron chi connectivity index (χ4n) is 2.62. The molecule has 0 saturated heterocycles. The first-order chi connectivity index (χ1) is 12.9. The molecule has 0 saturated carbocycles. The van der Waals surface area contributed by atoms with E-state index in [9.17, 15) is 17.8 Å². The van der Waals surface area contributed by atoms with Gasteiger partial charge in [-0.2, -0.15) is 0 Å². The van der Waals surface area contributed by atoms with Crippen LogP contribution in [0.3, 0.4) is 0 Å². The van der Waals surface area contributed by atoms with Crippen molar-refractivity contribution in [2.45, 2.75) is 19.0 Å². The molecule has 2 rings (SSSR count). The Morgan fingerprint density at radius 1 is 1.07 bits per heavy atom. The summed E-state index contributed by atoms with van der Waals surface area (Å²) in [4.78, 5) is 11.4. The largest absolute Gasteiger partial charge is 1.00 e. The molecular weight excluding hydrogens is 409 g/mol. The van der Waals surface area contributed by atoms with Crippen molar-refractivity contribution in [2.24, 2.45) is 0 Å². The minimum Gasteiger partial charge on any atom is -0.735 e. The monoisotopic (exact) mass is 431 g/mol. The van der Waals surface area contributed by atoms with Gasteiger partial charge in [0, 0.05) is 18.3 Å². The minimum absolute atomic E-state index is 0. The number of ether oxygens (including phenoxy) is 1. The van der Waals surface area contributed by atoms with Crippen LogP contribution in [0.1, 0.15) is 11.1 Å². The van der Waals surface area contributed by atoms with Crippen molar-refractivity contribution in [1.82, 2.24) is 4.31 Å². The number of hydrogen-bond acceptors (Lipinski definition) is 6. The summed E-state index contributed by atoms with van der Waals surface area (Å²) in [5.41, 5.74) is 1.65. The smallest absolute Gasteiger partial charge is 0.735 e.